The van der Waals surface area contributed by atoms with Crippen molar-refractivity contribution >= 4 is 32.3 Å². The fourth-order valence-corrected chi connectivity index (χ4v) is 6.26. The number of sulfone groups is 1. The van der Waals surface area contributed by atoms with Crippen LogP contribution in [0.3, 0.4) is 0 Å². The van der Waals surface area contributed by atoms with Crippen LogP contribution in [0.5, 0.6) is 11.5 Å². The summed E-state index contributed by atoms with van der Waals surface area (Å²) in [5.74, 6) is 0.919. The molecule has 0 saturated heterocycles. The van der Waals surface area contributed by atoms with Gasteiger partial charge in [-0.05, 0) is 94.6 Å². The molecule has 0 aliphatic carbocycles. The summed E-state index contributed by atoms with van der Waals surface area (Å²) in [6.45, 7) is 11.4. The van der Waals surface area contributed by atoms with Crippen molar-refractivity contribution in [3.05, 3.63) is 102 Å². The summed E-state index contributed by atoms with van der Waals surface area (Å²) >= 11 is 0. The molecule has 3 heterocycles. The number of ether oxygens (including phenoxy) is 1. The second kappa shape index (κ2) is 11.3. The van der Waals surface area contributed by atoms with Crippen molar-refractivity contribution < 1.29 is 17.9 Å². The van der Waals surface area contributed by atoms with Gasteiger partial charge in [0.05, 0.1) is 39.0 Å². The molecule has 0 saturated carbocycles. The smallest absolute Gasteiger partial charge is 0.228 e. The van der Waals surface area contributed by atoms with E-state index in [0.717, 1.165) is 11.1 Å². The zero-order valence-electron chi connectivity index (χ0n) is 25.1. The molecule has 1 amide bonds. The maximum Gasteiger partial charge on any atom is 0.228 e. The lowest BCUT2D eigenvalue weighted by atomic mass is 10.1. The van der Waals surface area contributed by atoms with Gasteiger partial charge in [0.2, 0.25) is 5.91 Å². The van der Waals surface area contributed by atoms with Crippen molar-refractivity contribution in [2.45, 2.75) is 63.1 Å². The number of nitrogens with one attached hydrogen (secondary N) is 1. The number of rotatable bonds is 8. The van der Waals surface area contributed by atoms with E-state index in [1.165, 1.54) is 0 Å². The Bertz CT molecular complexity index is 1910. The Morgan fingerprint density at radius 1 is 0.953 bits per heavy atom. The molecule has 0 aliphatic rings. The van der Waals surface area contributed by atoms with E-state index >= 15 is 0 Å². The molecule has 0 unspecified atom stereocenters. The van der Waals surface area contributed by atoms with Gasteiger partial charge in [-0.3, -0.25) is 19.4 Å². The molecule has 0 fully saturated rings. The lowest BCUT2D eigenvalue weighted by molar-refractivity contribution is -0.115. The standard InChI is InChI=1S/C33H35N5O4S/c1-22-16-23(17-31(39)37-25-20-36-38(21-25)32(2,3)4)9-12-29(22)42-30-13-15-35-28-11-10-26(18-27(28)30)43(40,41)33(5,6)24-8-7-14-34-19-24/h7-16,18-21H,17H2,1-6H3,(H,37,39). The number of pyridine rings is 2. The number of aryl methyl sites for hydroxylation is 1. The third-order valence-corrected chi connectivity index (χ3v) is 9.84. The maximum absolute atomic E-state index is 13.8. The third-order valence-electron chi connectivity index (χ3n) is 7.39. The molecule has 0 bridgehead atoms. The maximum atomic E-state index is 13.8. The summed E-state index contributed by atoms with van der Waals surface area (Å²) in [5.41, 5.74) is 3.33. The number of carbonyl (C=O) groups excluding carboxylic acids is 1. The first-order chi connectivity index (χ1) is 20.3. The van der Waals surface area contributed by atoms with E-state index < -0.39 is 14.6 Å². The van der Waals surface area contributed by atoms with E-state index in [2.05, 4.69) is 20.4 Å². The Balaban J connectivity index is 1.36. The van der Waals surface area contributed by atoms with Crippen LogP contribution >= 0.6 is 0 Å². The second-order valence-electron chi connectivity index (χ2n) is 12.0. The lowest BCUT2D eigenvalue weighted by Gasteiger charge is -2.25. The fourth-order valence-electron chi connectivity index (χ4n) is 4.72. The van der Waals surface area contributed by atoms with Crippen molar-refractivity contribution in [2.24, 2.45) is 0 Å². The van der Waals surface area contributed by atoms with E-state index in [1.807, 2.05) is 56.8 Å². The molecule has 5 rings (SSSR count). The van der Waals surface area contributed by atoms with E-state index in [0.29, 0.717) is 33.7 Å². The van der Waals surface area contributed by atoms with Gasteiger partial charge in [-0.15, -0.1) is 0 Å². The number of hydrogen-bond acceptors (Lipinski definition) is 7. The molecule has 222 valence electrons. The summed E-state index contributed by atoms with van der Waals surface area (Å²) in [7, 11) is -3.79. The van der Waals surface area contributed by atoms with Crippen LogP contribution in [0.15, 0.2) is 90.5 Å². The first kappa shape index (κ1) is 29.9. The van der Waals surface area contributed by atoms with Gasteiger partial charge in [-0.2, -0.15) is 5.10 Å². The number of aromatic nitrogens is 4. The Hall–Kier alpha value is -4.57. The van der Waals surface area contributed by atoms with E-state index in [1.54, 1.807) is 75.0 Å². The second-order valence-corrected chi connectivity index (χ2v) is 14.5. The summed E-state index contributed by atoms with van der Waals surface area (Å²) < 4.78 is 34.5. The molecular weight excluding hydrogens is 562 g/mol. The summed E-state index contributed by atoms with van der Waals surface area (Å²) in [5, 5.41) is 7.80. The van der Waals surface area contributed by atoms with Crippen molar-refractivity contribution in [1.82, 2.24) is 19.7 Å². The van der Waals surface area contributed by atoms with Crippen LogP contribution in [0.4, 0.5) is 5.69 Å². The Labute approximate surface area is 251 Å². The predicted octanol–water partition coefficient (Wildman–Crippen LogP) is 6.57. The molecule has 2 aromatic carbocycles. The highest BCUT2D eigenvalue weighted by atomic mass is 32.2. The molecule has 0 aliphatic heterocycles. The van der Waals surface area contributed by atoms with Gasteiger partial charge in [-0.25, -0.2) is 8.42 Å². The monoisotopic (exact) mass is 597 g/mol. The number of hydrogen-bond donors (Lipinski definition) is 1. The summed E-state index contributed by atoms with van der Waals surface area (Å²) in [4.78, 5) is 21.4. The van der Waals surface area contributed by atoms with Gasteiger partial charge >= 0.3 is 0 Å². The highest BCUT2D eigenvalue weighted by Crippen LogP contribution is 2.38. The van der Waals surface area contributed by atoms with E-state index in [4.69, 9.17) is 4.74 Å². The minimum absolute atomic E-state index is 0.149. The zero-order chi connectivity index (χ0) is 31.0. The first-order valence-corrected chi connectivity index (χ1v) is 15.4. The minimum Gasteiger partial charge on any atom is -0.456 e. The van der Waals surface area contributed by atoms with Crippen LogP contribution in [0, 0.1) is 6.92 Å². The normalized spacial score (nSPS) is 12.3. The molecule has 1 N–H and O–H groups in total. The Kier molecular flexibility index (Phi) is 7.83. The largest absolute Gasteiger partial charge is 0.456 e. The molecule has 3 aromatic heterocycles. The van der Waals surface area contributed by atoms with E-state index in [-0.39, 0.29) is 22.8 Å². The first-order valence-electron chi connectivity index (χ1n) is 13.9. The van der Waals surface area contributed by atoms with Crippen LogP contribution < -0.4 is 10.1 Å². The van der Waals surface area contributed by atoms with Crippen LogP contribution in [0.1, 0.15) is 51.3 Å². The minimum atomic E-state index is -3.79. The molecule has 0 atom stereocenters. The van der Waals surface area contributed by atoms with Crippen LogP contribution in [0.25, 0.3) is 10.9 Å². The molecule has 10 heteroatoms. The SMILES string of the molecule is Cc1cc(CC(=O)Nc2cnn(C(C)(C)C)c2)ccc1Oc1ccnc2ccc(S(=O)(=O)C(C)(C)c3cccnc3)cc12. The number of carbonyl (C=O) groups is 1. The van der Waals surface area contributed by atoms with E-state index in [9.17, 15) is 13.2 Å². The van der Waals surface area contributed by atoms with Gasteiger partial charge in [0.15, 0.2) is 9.84 Å². The molecule has 5 aromatic rings. The summed E-state index contributed by atoms with van der Waals surface area (Å²) in [6.07, 6.45) is 8.46. The number of nitrogens with zero attached hydrogens (tertiary/aromatic N) is 4. The van der Waals surface area contributed by atoms with Gasteiger partial charge in [-0.1, -0.05) is 18.2 Å². The third kappa shape index (κ3) is 6.15. The highest BCUT2D eigenvalue weighted by molar-refractivity contribution is 7.92. The number of benzene rings is 2. The van der Waals surface area contributed by atoms with Crippen molar-refractivity contribution in [3.63, 3.8) is 0 Å². The van der Waals surface area contributed by atoms with Crippen LogP contribution in [-0.4, -0.2) is 34.1 Å². The quantitative estimate of drug-likeness (QED) is 0.215. The van der Waals surface area contributed by atoms with Crippen molar-refractivity contribution in [1.29, 1.82) is 0 Å². The molecule has 9 nitrogen and oxygen atoms in total. The highest BCUT2D eigenvalue weighted by Gasteiger charge is 2.38. The number of fused-ring (bicyclic) bond motifs is 1. The lowest BCUT2D eigenvalue weighted by Crippen LogP contribution is -2.29. The average Bonchev–Trinajstić information content (AvgIpc) is 3.44. The summed E-state index contributed by atoms with van der Waals surface area (Å²) in [6, 6.07) is 15.6. The Morgan fingerprint density at radius 3 is 2.42 bits per heavy atom. The Morgan fingerprint density at radius 2 is 1.74 bits per heavy atom. The predicted molar refractivity (Wildman–Crippen MR) is 167 cm³/mol. The number of anilines is 1. The van der Waals surface area contributed by atoms with Crippen LogP contribution in [-0.2, 0) is 31.3 Å². The van der Waals surface area contributed by atoms with Crippen molar-refractivity contribution in [2.75, 3.05) is 5.32 Å². The fraction of sp³-hybridized carbons (Fsp3) is 0.273. The molecule has 0 radical (unpaired) electrons. The van der Waals surface area contributed by atoms with Crippen LogP contribution in [0.2, 0.25) is 0 Å². The molecule has 43 heavy (non-hydrogen) atoms. The zero-order valence-corrected chi connectivity index (χ0v) is 25.9. The molecular formula is C33H35N5O4S. The van der Waals surface area contributed by atoms with Gasteiger partial charge in [0, 0.05) is 30.2 Å². The molecule has 0 spiro atoms. The van der Waals surface area contributed by atoms with Gasteiger partial charge in [0.1, 0.15) is 11.5 Å². The van der Waals surface area contributed by atoms with Gasteiger partial charge < -0.3 is 10.1 Å². The van der Waals surface area contributed by atoms with Gasteiger partial charge in [0.25, 0.3) is 0 Å². The number of amides is 1. The topological polar surface area (TPSA) is 116 Å². The average molecular weight is 598 g/mol. The van der Waals surface area contributed by atoms with Crippen molar-refractivity contribution in [3.8, 4) is 11.5 Å².